The molecule has 0 aliphatic rings. The molecule has 0 bridgehead atoms. The number of oxazole rings is 1. The van der Waals surface area contributed by atoms with Gasteiger partial charge in [-0.05, 0) is 25.1 Å². The van der Waals surface area contributed by atoms with Crippen LogP contribution < -0.4 is 10.1 Å². The number of hydrogen-bond acceptors (Lipinski definition) is 5. The first-order valence-electron chi connectivity index (χ1n) is 5.75. The molecule has 0 saturated carbocycles. The molecule has 6 heteroatoms. The normalized spacial score (nSPS) is 9.95. The molecule has 0 fully saturated rings. The van der Waals surface area contributed by atoms with Crippen LogP contribution in [0.3, 0.4) is 0 Å². The number of nitrogens with zero attached hydrogens (tertiary/aromatic N) is 2. The van der Waals surface area contributed by atoms with Gasteiger partial charge in [-0.1, -0.05) is 17.7 Å². The third-order valence-electron chi connectivity index (χ3n) is 2.27. The molecule has 5 nitrogen and oxygen atoms in total. The maximum atomic E-state index is 8.91. The zero-order valence-electron chi connectivity index (χ0n) is 10.3. The minimum Gasteiger partial charge on any atom is -0.484 e. The van der Waals surface area contributed by atoms with Crippen LogP contribution in [0.25, 0.3) is 0 Å². The molecule has 1 aromatic carbocycles. The molecule has 1 N–H and O–H groups in total. The zero-order valence-corrected chi connectivity index (χ0v) is 11.1. The number of nitrogens with one attached hydrogen (secondary N) is 1. The topological polar surface area (TPSA) is 71.1 Å². The quantitative estimate of drug-likeness (QED) is 0.908. The van der Waals surface area contributed by atoms with Gasteiger partial charge in [0.1, 0.15) is 11.8 Å². The molecule has 0 atom stereocenters. The van der Waals surface area contributed by atoms with E-state index in [1.54, 1.807) is 24.3 Å². The molecule has 2 aromatic rings. The van der Waals surface area contributed by atoms with Crippen molar-refractivity contribution in [3.63, 3.8) is 0 Å². The van der Waals surface area contributed by atoms with E-state index in [1.165, 1.54) is 0 Å². The Balaban J connectivity index is 2.06. The van der Waals surface area contributed by atoms with E-state index in [1.807, 2.05) is 13.0 Å². The molecule has 19 heavy (non-hydrogen) atoms. The summed E-state index contributed by atoms with van der Waals surface area (Å²) in [5.41, 5.74) is 0.228. The molecule has 0 saturated heterocycles. The lowest BCUT2D eigenvalue weighted by Crippen LogP contribution is -1.96. The highest BCUT2D eigenvalue weighted by molar-refractivity contribution is 6.30. The highest BCUT2D eigenvalue weighted by atomic mass is 35.5. The van der Waals surface area contributed by atoms with E-state index >= 15 is 0 Å². The Morgan fingerprint density at radius 1 is 1.53 bits per heavy atom. The molecule has 0 aliphatic carbocycles. The van der Waals surface area contributed by atoms with E-state index < -0.39 is 0 Å². The number of hydrogen-bond donors (Lipinski definition) is 1. The second kappa shape index (κ2) is 6.12. The van der Waals surface area contributed by atoms with Crippen molar-refractivity contribution < 1.29 is 9.15 Å². The Morgan fingerprint density at radius 3 is 3.05 bits per heavy atom. The summed E-state index contributed by atoms with van der Waals surface area (Å²) in [4.78, 5) is 4.04. The van der Waals surface area contributed by atoms with Crippen molar-refractivity contribution in [2.24, 2.45) is 0 Å². The Hall–Kier alpha value is -2.19. The van der Waals surface area contributed by atoms with E-state index in [0.29, 0.717) is 29.1 Å². The number of anilines is 1. The molecule has 0 unspecified atom stereocenters. The molecule has 1 aromatic heterocycles. The molecule has 98 valence electrons. The average Bonchev–Trinajstić information content (AvgIpc) is 2.79. The highest BCUT2D eigenvalue weighted by Gasteiger charge is 2.12. The monoisotopic (exact) mass is 277 g/mol. The smallest absolute Gasteiger partial charge is 0.236 e. The van der Waals surface area contributed by atoms with Gasteiger partial charge in [-0.2, -0.15) is 10.2 Å². The van der Waals surface area contributed by atoms with Crippen LogP contribution in [0.15, 0.2) is 28.7 Å². The summed E-state index contributed by atoms with van der Waals surface area (Å²) in [6.45, 7) is 2.70. The maximum Gasteiger partial charge on any atom is 0.236 e. The van der Waals surface area contributed by atoms with Gasteiger partial charge in [0.15, 0.2) is 6.61 Å². The number of aromatic nitrogens is 1. The summed E-state index contributed by atoms with van der Waals surface area (Å²) >= 11 is 5.85. The summed E-state index contributed by atoms with van der Waals surface area (Å²) in [6, 6.07) is 8.99. The van der Waals surface area contributed by atoms with Crippen LogP contribution in [-0.2, 0) is 6.61 Å². The van der Waals surface area contributed by atoms with E-state index in [9.17, 15) is 0 Å². The summed E-state index contributed by atoms with van der Waals surface area (Å²) in [5.74, 6) is 1.33. The van der Waals surface area contributed by atoms with Crippen molar-refractivity contribution in [2.45, 2.75) is 13.5 Å². The Morgan fingerprint density at radius 2 is 2.37 bits per heavy atom. The number of benzene rings is 1. The number of halogens is 1. The summed E-state index contributed by atoms with van der Waals surface area (Å²) in [6.07, 6.45) is 0. The standard InChI is InChI=1S/C13H12ClN3O2/c1-2-16-13-11(7-15)17-12(19-13)8-18-10-5-3-4-9(14)6-10/h3-6,16H,2,8H2,1H3. The molecule has 0 amide bonds. The first-order chi connectivity index (χ1) is 9.22. The van der Waals surface area contributed by atoms with E-state index in [0.717, 1.165) is 0 Å². The predicted octanol–water partition coefficient (Wildman–Crippen LogP) is 3.21. The SMILES string of the molecule is CCNc1oc(COc2cccc(Cl)c2)nc1C#N. The van der Waals surface area contributed by atoms with E-state index in [-0.39, 0.29) is 12.3 Å². The van der Waals surface area contributed by atoms with Crippen LogP contribution in [-0.4, -0.2) is 11.5 Å². The number of nitriles is 1. The fourth-order valence-corrected chi connectivity index (χ4v) is 1.66. The van der Waals surface area contributed by atoms with Gasteiger partial charge in [-0.3, -0.25) is 0 Å². The van der Waals surface area contributed by atoms with Gasteiger partial charge in [0.2, 0.25) is 17.5 Å². The predicted molar refractivity (Wildman–Crippen MR) is 71.2 cm³/mol. The summed E-state index contributed by atoms with van der Waals surface area (Å²) < 4.78 is 10.9. The minimum atomic E-state index is 0.139. The number of rotatable bonds is 5. The fourth-order valence-electron chi connectivity index (χ4n) is 1.48. The lowest BCUT2D eigenvalue weighted by Gasteiger charge is -2.03. The van der Waals surface area contributed by atoms with Crippen molar-refractivity contribution in [1.82, 2.24) is 4.98 Å². The van der Waals surface area contributed by atoms with Crippen molar-refractivity contribution in [2.75, 3.05) is 11.9 Å². The summed E-state index contributed by atoms with van der Waals surface area (Å²) in [7, 11) is 0. The highest BCUT2D eigenvalue weighted by Crippen LogP contribution is 2.20. The van der Waals surface area contributed by atoms with Crippen LogP contribution in [0.4, 0.5) is 5.88 Å². The largest absolute Gasteiger partial charge is 0.484 e. The fraction of sp³-hybridized carbons (Fsp3) is 0.231. The molecule has 0 radical (unpaired) electrons. The van der Waals surface area contributed by atoms with Gasteiger partial charge in [0.25, 0.3) is 0 Å². The molecule has 1 heterocycles. The molecule has 0 spiro atoms. The third kappa shape index (κ3) is 3.39. The van der Waals surface area contributed by atoms with Gasteiger partial charge >= 0.3 is 0 Å². The van der Waals surface area contributed by atoms with Crippen molar-refractivity contribution in [3.8, 4) is 11.8 Å². The van der Waals surface area contributed by atoms with Gasteiger partial charge in [0.05, 0.1) is 0 Å². The van der Waals surface area contributed by atoms with Gasteiger partial charge < -0.3 is 14.5 Å². The second-order valence-corrected chi connectivity index (χ2v) is 4.11. The molecular weight excluding hydrogens is 266 g/mol. The van der Waals surface area contributed by atoms with Crippen LogP contribution in [0, 0.1) is 11.3 Å². The Kier molecular flexibility index (Phi) is 4.26. The number of ether oxygens (including phenoxy) is 1. The lowest BCUT2D eigenvalue weighted by atomic mass is 10.3. The van der Waals surface area contributed by atoms with Crippen LogP contribution in [0.1, 0.15) is 18.5 Å². The molecular formula is C13H12ClN3O2. The minimum absolute atomic E-state index is 0.139. The zero-order chi connectivity index (χ0) is 13.7. The van der Waals surface area contributed by atoms with Gasteiger partial charge in [-0.25, -0.2) is 0 Å². The maximum absolute atomic E-state index is 8.91. The van der Waals surface area contributed by atoms with Crippen molar-refractivity contribution in [3.05, 3.63) is 40.9 Å². The van der Waals surface area contributed by atoms with Crippen LogP contribution in [0.2, 0.25) is 5.02 Å². The molecule has 0 aliphatic heterocycles. The third-order valence-corrected chi connectivity index (χ3v) is 2.51. The first-order valence-corrected chi connectivity index (χ1v) is 6.12. The lowest BCUT2D eigenvalue weighted by molar-refractivity contribution is 0.265. The van der Waals surface area contributed by atoms with E-state index in [2.05, 4.69) is 10.3 Å². The van der Waals surface area contributed by atoms with Crippen molar-refractivity contribution >= 4 is 17.5 Å². The summed E-state index contributed by atoms with van der Waals surface area (Å²) in [5, 5.41) is 12.4. The average molecular weight is 278 g/mol. The van der Waals surface area contributed by atoms with Crippen molar-refractivity contribution in [1.29, 1.82) is 5.26 Å². The van der Waals surface area contributed by atoms with Crippen LogP contribution >= 0.6 is 11.6 Å². The molecule has 2 rings (SSSR count). The Bertz CT molecular complexity index is 604. The second-order valence-electron chi connectivity index (χ2n) is 3.67. The van der Waals surface area contributed by atoms with Gasteiger partial charge in [0, 0.05) is 11.6 Å². The van der Waals surface area contributed by atoms with E-state index in [4.69, 9.17) is 26.0 Å². The van der Waals surface area contributed by atoms with Crippen LogP contribution in [0.5, 0.6) is 5.75 Å². The first kappa shape index (κ1) is 13.2. The Labute approximate surface area is 115 Å². The van der Waals surface area contributed by atoms with Gasteiger partial charge in [-0.15, -0.1) is 0 Å².